The molecule has 2 rings (SSSR count). The number of hydrogen-bond acceptors (Lipinski definition) is 3. The summed E-state index contributed by atoms with van der Waals surface area (Å²) in [6, 6.07) is 14.2. The van der Waals surface area contributed by atoms with E-state index in [-0.39, 0.29) is 24.8 Å². The zero-order valence-electron chi connectivity index (χ0n) is 14.9. The van der Waals surface area contributed by atoms with Crippen molar-refractivity contribution in [3.05, 3.63) is 70.3 Å². The molecule has 0 fully saturated rings. The van der Waals surface area contributed by atoms with E-state index in [4.69, 9.17) is 16.3 Å². The Labute approximate surface area is 166 Å². The van der Waals surface area contributed by atoms with Gasteiger partial charge in [0, 0.05) is 0 Å². The Kier molecular flexibility index (Phi) is 7.89. The topological polar surface area (TPSA) is 55.4 Å². The third-order valence-electron chi connectivity index (χ3n) is 3.70. The molecule has 1 atom stereocenters. The van der Waals surface area contributed by atoms with E-state index in [9.17, 15) is 8.42 Å². The fourth-order valence-electron chi connectivity index (χ4n) is 2.33. The van der Waals surface area contributed by atoms with Crippen LogP contribution in [0.15, 0.2) is 59.0 Å². The Morgan fingerprint density at radius 1 is 1.19 bits per heavy atom. The third kappa shape index (κ3) is 5.95. The van der Waals surface area contributed by atoms with Crippen LogP contribution in [0, 0.1) is 6.92 Å². The Hall–Kier alpha value is -1.14. The first-order valence-corrected chi connectivity index (χ1v) is 12.5. The second kappa shape index (κ2) is 9.70. The van der Waals surface area contributed by atoms with Gasteiger partial charge in [-0.1, -0.05) is 0 Å². The molecule has 1 N–H and O–H groups in total. The summed E-state index contributed by atoms with van der Waals surface area (Å²) in [6.45, 7) is 2.27. The number of rotatable bonds is 8. The number of nitrogens with one attached hydrogen (secondary N) is 1. The van der Waals surface area contributed by atoms with E-state index < -0.39 is 10.0 Å². The van der Waals surface area contributed by atoms with Gasteiger partial charge in [0.1, 0.15) is 0 Å². The van der Waals surface area contributed by atoms with E-state index in [0.29, 0.717) is 11.6 Å². The average molecular weight is 459 g/mol. The Morgan fingerprint density at radius 3 is 2.35 bits per heavy atom. The van der Waals surface area contributed by atoms with Crippen molar-refractivity contribution in [2.45, 2.75) is 22.6 Å². The number of halogens is 1. The molecule has 2 aromatic carbocycles. The molecular formula is C19H22ClNO3SSe. The second-order valence-corrected chi connectivity index (χ2v) is 9.88. The van der Waals surface area contributed by atoms with Gasteiger partial charge >= 0.3 is 167 Å². The zero-order valence-corrected chi connectivity index (χ0v) is 18.2. The third-order valence-corrected chi connectivity index (χ3v) is 7.60. The quantitative estimate of drug-likeness (QED) is 0.613. The summed E-state index contributed by atoms with van der Waals surface area (Å²) in [5.41, 5.74) is 2.85. The molecule has 0 aliphatic carbocycles. The van der Waals surface area contributed by atoms with E-state index in [1.54, 1.807) is 43.5 Å². The summed E-state index contributed by atoms with van der Waals surface area (Å²) in [6.07, 6.45) is 1.95. The molecule has 0 heterocycles. The first-order chi connectivity index (χ1) is 12.4. The number of ether oxygens (including phenoxy) is 1. The van der Waals surface area contributed by atoms with Gasteiger partial charge in [-0.3, -0.25) is 0 Å². The molecule has 0 spiro atoms. The van der Waals surface area contributed by atoms with Crippen molar-refractivity contribution in [2.75, 3.05) is 13.7 Å². The Morgan fingerprint density at radius 2 is 1.81 bits per heavy atom. The van der Waals surface area contributed by atoms with Crippen LogP contribution in [0.2, 0.25) is 10.8 Å². The van der Waals surface area contributed by atoms with Gasteiger partial charge in [0.2, 0.25) is 0 Å². The SMILES string of the molecule is COC/C(=C\c1ccc(Cl)cc1)C(NS(=O)(=O)c1ccc(C)cc1)[Se]C. The summed E-state index contributed by atoms with van der Waals surface area (Å²) in [5, 5.41) is 0.659. The second-order valence-electron chi connectivity index (χ2n) is 5.75. The molecule has 0 saturated carbocycles. The minimum atomic E-state index is -3.60. The van der Waals surface area contributed by atoms with Crippen LogP contribution in [0.25, 0.3) is 6.08 Å². The van der Waals surface area contributed by atoms with E-state index in [1.165, 1.54) is 0 Å². The van der Waals surface area contributed by atoms with Crippen LogP contribution in [0.4, 0.5) is 0 Å². The molecule has 7 heteroatoms. The van der Waals surface area contributed by atoms with Crippen LogP contribution in [-0.2, 0) is 14.8 Å². The maximum atomic E-state index is 12.7. The van der Waals surface area contributed by atoms with Gasteiger partial charge in [0.15, 0.2) is 0 Å². The van der Waals surface area contributed by atoms with Gasteiger partial charge in [-0.15, -0.1) is 0 Å². The minimum absolute atomic E-state index is 0.00849. The van der Waals surface area contributed by atoms with E-state index in [2.05, 4.69) is 4.72 Å². The molecule has 0 aromatic heterocycles. The number of hydrogen-bond donors (Lipinski definition) is 1. The van der Waals surface area contributed by atoms with Crippen LogP contribution in [-0.4, -0.2) is 42.0 Å². The van der Waals surface area contributed by atoms with Crippen molar-refractivity contribution in [2.24, 2.45) is 0 Å². The fourth-order valence-corrected chi connectivity index (χ4v) is 5.94. The van der Waals surface area contributed by atoms with Gasteiger partial charge in [-0.05, 0) is 0 Å². The van der Waals surface area contributed by atoms with E-state index in [0.717, 1.165) is 16.7 Å². The number of benzene rings is 2. The molecule has 0 aliphatic rings. The van der Waals surface area contributed by atoms with Crippen LogP contribution in [0.3, 0.4) is 0 Å². The summed E-state index contributed by atoms with van der Waals surface area (Å²) < 4.78 is 33.6. The van der Waals surface area contributed by atoms with Crippen molar-refractivity contribution in [1.29, 1.82) is 0 Å². The molecule has 0 saturated heterocycles. The summed E-state index contributed by atoms with van der Waals surface area (Å²) >= 11 is 5.94. The van der Waals surface area contributed by atoms with Gasteiger partial charge in [0.05, 0.1) is 0 Å². The van der Waals surface area contributed by atoms with E-state index >= 15 is 0 Å². The van der Waals surface area contributed by atoms with Gasteiger partial charge in [-0.25, -0.2) is 0 Å². The molecule has 0 aliphatic heterocycles. The molecular weight excluding hydrogens is 437 g/mol. The predicted molar refractivity (Wildman–Crippen MR) is 108 cm³/mol. The summed E-state index contributed by atoms with van der Waals surface area (Å²) in [7, 11) is -2.00. The van der Waals surface area contributed by atoms with E-state index in [1.807, 2.05) is 31.0 Å². The van der Waals surface area contributed by atoms with Gasteiger partial charge in [-0.2, -0.15) is 0 Å². The predicted octanol–water partition coefficient (Wildman–Crippen LogP) is 3.74. The maximum absolute atomic E-state index is 12.7. The van der Waals surface area contributed by atoms with Crippen LogP contribution in [0.5, 0.6) is 0 Å². The monoisotopic (exact) mass is 459 g/mol. The average Bonchev–Trinajstić information content (AvgIpc) is 2.61. The Balaban J connectivity index is 2.30. The van der Waals surface area contributed by atoms with Gasteiger partial charge < -0.3 is 0 Å². The molecule has 0 radical (unpaired) electrons. The molecule has 26 heavy (non-hydrogen) atoms. The molecule has 4 nitrogen and oxygen atoms in total. The van der Waals surface area contributed by atoms with Crippen molar-refractivity contribution >= 4 is 42.7 Å². The number of sulfonamides is 1. The summed E-state index contributed by atoms with van der Waals surface area (Å²) in [5.74, 6) is 2.00. The van der Waals surface area contributed by atoms with Crippen LogP contribution in [0.1, 0.15) is 11.1 Å². The van der Waals surface area contributed by atoms with Crippen molar-refractivity contribution in [3.8, 4) is 0 Å². The van der Waals surface area contributed by atoms with Crippen molar-refractivity contribution in [3.63, 3.8) is 0 Å². The van der Waals surface area contributed by atoms with Crippen molar-refractivity contribution in [1.82, 2.24) is 4.72 Å². The molecule has 140 valence electrons. The molecule has 1 unspecified atom stereocenters. The van der Waals surface area contributed by atoms with Crippen LogP contribution >= 0.6 is 11.6 Å². The Bertz CT molecular complexity index is 849. The zero-order chi connectivity index (χ0) is 19.2. The fraction of sp³-hybridized carbons (Fsp3) is 0.263. The number of aryl methyl sites for hydroxylation is 1. The summed E-state index contributed by atoms with van der Waals surface area (Å²) in [4.78, 5) is -0.0370. The van der Waals surface area contributed by atoms with Crippen molar-refractivity contribution < 1.29 is 13.2 Å². The standard InChI is InChI=1S/C19H22ClNO3SSe/c1-14-4-10-18(11-5-14)25(22,23)21-19(26-3)16(13-24-2)12-15-6-8-17(20)9-7-15/h4-12,19,21H,13H2,1-3H3/b16-12+. The number of methoxy groups -OCH3 is 1. The normalized spacial score (nSPS) is 13.6. The van der Waals surface area contributed by atoms with Gasteiger partial charge in [0.25, 0.3) is 0 Å². The molecule has 2 aromatic rings. The first-order valence-electron chi connectivity index (χ1n) is 7.92. The van der Waals surface area contributed by atoms with Crippen LogP contribution < -0.4 is 4.72 Å². The first kappa shape index (κ1) is 21.2. The molecule has 0 bridgehead atoms. The molecule has 0 amide bonds.